The van der Waals surface area contributed by atoms with Crippen molar-refractivity contribution in [3.63, 3.8) is 0 Å². The van der Waals surface area contributed by atoms with Crippen LogP contribution in [0.1, 0.15) is 23.6 Å². The fraction of sp³-hybridized carbons (Fsp3) is 0.167. The number of hydrogen-bond acceptors (Lipinski definition) is 1. The smallest absolute Gasteiger partial charge is 0.138 e. The van der Waals surface area contributed by atoms with Gasteiger partial charge in [0.15, 0.2) is 0 Å². The highest BCUT2D eigenvalue weighted by Gasteiger charge is 2.08. The second-order valence-corrected chi connectivity index (χ2v) is 5.08. The Hall–Kier alpha value is -2.35. The molecular weight excluding hydrogens is 244 g/mol. The molecule has 2 nitrogen and oxygen atoms in total. The van der Waals surface area contributed by atoms with Crippen LogP contribution in [0, 0.1) is 6.92 Å². The molecule has 1 N–H and O–H groups in total. The van der Waals surface area contributed by atoms with Gasteiger partial charge < -0.3 is 4.98 Å². The summed E-state index contributed by atoms with van der Waals surface area (Å²) in [6.07, 6.45) is 2.89. The molecule has 0 aliphatic rings. The summed E-state index contributed by atoms with van der Waals surface area (Å²) in [6.45, 7) is 8.12. The van der Waals surface area contributed by atoms with Gasteiger partial charge in [0.1, 0.15) is 5.82 Å². The summed E-state index contributed by atoms with van der Waals surface area (Å²) >= 11 is 0. The molecular formula is C18H18N2. The number of hydrogen-bond donors (Lipinski definition) is 1. The van der Waals surface area contributed by atoms with Crippen molar-refractivity contribution in [3.8, 4) is 11.4 Å². The van der Waals surface area contributed by atoms with Crippen LogP contribution in [0.25, 0.3) is 28.5 Å². The van der Waals surface area contributed by atoms with Gasteiger partial charge in [-0.3, -0.25) is 0 Å². The Balaban J connectivity index is 2.19. The average Bonchev–Trinajstić information content (AvgIpc) is 2.92. The van der Waals surface area contributed by atoms with E-state index in [1.807, 2.05) is 6.08 Å². The van der Waals surface area contributed by atoms with Crippen molar-refractivity contribution >= 4 is 17.1 Å². The normalized spacial score (nSPS) is 10.9. The highest BCUT2D eigenvalue weighted by Crippen LogP contribution is 2.25. The molecule has 0 unspecified atom stereocenters. The lowest BCUT2D eigenvalue weighted by molar-refractivity contribution is 1.14. The van der Waals surface area contributed by atoms with Crippen molar-refractivity contribution in [2.75, 3.05) is 0 Å². The van der Waals surface area contributed by atoms with E-state index in [1.165, 1.54) is 11.1 Å². The first kappa shape index (κ1) is 12.7. The molecule has 0 atom stereocenters. The Morgan fingerprint density at radius 2 is 2.10 bits per heavy atom. The van der Waals surface area contributed by atoms with E-state index in [4.69, 9.17) is 4.98 Å². The minimum Gasteiger partial charge on any atom is -0.338 e. The van der Waals surface area contributed by atoms with Crippen LogP contribution in [0.4, 0.5) is 0 Å². The third-order valence-electron chi connectivity index (χ3n) is 3.65. The summed E-state index contributed by atoms with van der Waals surface area (Å²) in [7, 11) is 0. The highest BCUT2D eigenvalue weighted by molar-refractivity contribution is 5.82. The standard InChI is InChI=1S/C18H18N2/c1-4-13-9-14(5-2)11-15(10-13)18-19-16-8-6-7-12(3)17(16)20-18/h4,6-11H,1,5H2,2-3H3,(H,19,20). The molecule has 0 radical (unpaired) electrons. The Morgan fingerprint density at radius 3 is 2.80 bits per heavy atom. The van der Waals surface area contributed by atoms with Gasteiger partial charge in [0.05, 0.1) is 11.0 Å². The number of H-pyrrole nitrogens is 1. The molecule has 0 spiro atoms. The summed E-state index contributed by atoms with van der Waals surface area (Å²) in [5, 5.41) is 0. The average molecular weight is 262 g/mol. The number of aryl methyl sites for hydroxylation is 2. The first-order chi connectivity index (χ1) is 9.71. The Bertz CT molecular complexity index is 781. The van der Waals surface area contributed by atoms with Gasteiger partial charge in [-0.15, -0.1) is 0 Å². The van der Waals surface area contributed by atoms with E-state index in [2.05, 4.69) is 61.8 Å². The van der Waals surface area contributed by atoms with Crippen LogP contribution in [0.15, 0.2) is 43.0 Å². The van der Waals surface area contributed by atoms with Crippen LogP contribution in [0.2, 0.25) is 0 Å². The first-order valence-electron chi connectivity index (χ1n) is 6.93. The quantitative estimate of drug-likeness (QED) is 0.725. The molecule has 2 aromatic carbocycles. The number of nitrogens with zero attached hydrogens (tertiary/aromatic N) is 1. The van der Waals surface area contributed by atoms with E-state index in [-0.39, 0.29) is 0 Å². The van der Waals surface area contributed by atoms with E-state index in [9.17, 15) is 0 Å². The summed E-state index contributed by atoms with van der Waals surface area (Å²) in [4.78, 5) is 8.15. The van der Waals surface area contributed by atoms with Crippen LogP contribution in [0.3, 0.4) is 0 Å². The number of imidazole rings is 1. The van der Waals surface area contributed by atoms with Crippen LogP contribution < -0.4 is 0 Å². The van der Waals surface area contributed by atoms with E-state index < -0.39 is 0 Å². The number of fused-ring (bicyclic) bond motifs is 1. The molecule has 0 fully saturated rings. The lowest BCUT2D eigenvalue weighted by Crippen LogP contribution is -1.87. The third-order valence-corrected chi connectivity index (χ3v) is 3.65. The van der Waals surface area contributed by atoms with Crippen molar-refractivity contribution in [2.24, 2.45) is 0 Å². The van der Waals surface area contributed by atoms with E-state index in [0.29, 0.717) is 0 Å². The van der Waals surface area contributed by atoms with Crippen molar-refractivity contribution in [1.82, 2.24) is 9.97 Å². The lowest BCUT2D eigenvalue weighted by Gasteiger charge is -2.04. The molecule has 20 heavy (non-hydrogen) atoms. The van der Waals surface area contributed by atoms with E-state index >= 15 is 0 Å². The van der Waals surface area contributed by atoms with Gasteiger partial charge in [-0.1, -0.05) is 37.8 Å². The summed E-state index contributed by atoms with van der Waals surface area (Å²) < 4.78 is 0. The Kier molecular flexibility index (Phi) is 3.15. The number of rotatable bonds is 3. The van der Waals surface area contributed by atoms with Gasteiger partial charge in [-0.05, 0) is 48.2 Å². The van der Waals surface area contributed by atoms with Crippen molar-refractivity contribution in [2.45, 2.75) is 20.3 Å². The summed E-state index contributed by atoms with van der Waals surface area (Å²) in [5.74, 6) is 0.924. The predicted molar refractivity (Wildman–Crippen MR) is 85.7 cm³/mol. The second kappa shape index (κ2) is 4.97. The number of benzene rings is 2. The van der Waals surface area contributed by atoms with Gasteiger partial charge in [0, 0.05) is 5.56 Å². The molecule has 0 saturated heterocycles. The predicted octanol–water partition coefficient (Wildman–Crippen LogP) is 4.74. The third kappa shape index (κ3) is 2.14. The van der Waals surface area contributed by atoms with Gasteiger partial charge in [-0.25, -0.2) is 4.98 Å². The fourth-order valence-corrected chi connectivity index (χ4v) is 2.49. The van der Waals surface area contributed by atoms with Crippen molar-refractivity contribution < 1.29 is 0 Å². The van der Waals surface area contributed by atoms with Crippen molar-refractivity contribution in [3.05, 3.63) is 59.7 Å². The van der Waals surface area contributed by atoms with Crippen LogP contribution in [-0.2, 0) is 6.42 Å². The van der Waals surface area contributed by atoms with Crippen LogP contribution in [0.5, 0.6) is 0 Å². The molecule has 0 amide bonds. The zero-order valence-corrected chi connectivity index (χ0v) is 11.9. The molecule has 0 saturated carbocycles. The lowest BCUT2D eigenvalue weighted by atomic mass is 10.0. The van der Waals surface area contributed by atoms with Gasteiger partial charge in [-0.2, -0.15) is 0 Å². The summed E-state index contributed by atoms with van der Waals surface area (Å²) in [5.41, 5.74) is 6.88. The highest BCUT2D eigenvalue weighted by atomic mass is 14.9. The maximum Gasteiger partial charge on any atom is 0.138 e. The zero-order valence-electron chi connectivity index (χ0n) is 11.9. The number of nitrogens with one attached hydrogen (secondary N) is 1. The van der Waals surface area contributed by atoms with Crippen molar-refractivity contribution in [1.29, 1.82) is 0 Å². The minimum absolute atomic E-state index is 0.924. The number of para-hydroxylation sites is 1. The molecule has 1 heterocycles. The first-order valence-corrected chi connectivity index (χ1v) is 6.93. The van der Waals surface area contributed by atoms with E-state index in [0.717, 1.165) is 34.4 Å². The molecule has 1 aromatic heterocycles. The molecule has 0 aliphatic carbocycles. The number of aromatic amines is 1. The Morgan fingerprint density at radius 1 is 1.25 bits per heavy atom. The van der Waals surface area contributed by atoms with E-state index in [1.54, 1.807) is 0 Å². The van der Waals surface area contributed by atoms with Crippen LogP contribution >= 0.6 is 0 Å². The molecule has 100 valence electrons. The second-order valence-electron chi connectivity index (χ2n) is 5.08. The molecule has 2 heteroatoms. The Labute approximate surface area is 119 Å². The maximum atomic E-state index is 4.74. The SMILES string of the molecule is C=Cc1cc(CC)cc(-c2nc3c(C)cccc3[nH]2)c1. The topological polar surface area (TPSA) is 28.7 Å². The van der Waals surface area contributed by atoms with Gasteiger partial charge in [0.25, 0.3) is 0 Å². The van der Waals surface area contributed by atoms with Gasteiger partial charge in [0.2, 0.25) is 0 Å². The zero-order chi connectivity index (χ0) is 14.1. The largest absolute Gasteiger partial charge is 0.338 e. The van der Waals surface area contributed by atoms with Gasteiger partial charge >= 0.3 is 0 Å². The maximum absolute atomic E-state index is 4.74. The fourth-order valence-electron chi connectivity index (χ4n) is 2.49. The minimum atomic E-state index is 0.924. The monoisotopic (exact) mass is 262 g/mol. The molecule has 3 rings (SSSR count). The molecule has 3 aromatic rings. The molecule has 0 bridgehead atoms. The number of aromatic nitrogens is 2. The molecule has 0 aliphatic heterocycles. The summed E-state index contributed by atoms with van der Waals surface area (Å²) in [6, 6.07) is 12.7. The van der Waals surface area contributed by atoms with Crippen LogP contribution in [-0.4, -0.2) is 9.97 Å².